The highest BCUT2D eigenvalue weighted by molar-refractivity contribution is 5.64. The van der Waals surface area contributed by atoms with Crippen LogP contribution in [0.1, 0.15) is 19.0 Å². The minimum Gasteiger partial charge on any atom is -0.448 e. The summed E-state index contributed by atoms with van der Waals surface area (Å²) in [6.45, 7) is 2.80. The number of nitrogens with zero attached hydrogens (tertiary/aromatic N) is 2. The third kappa shape index (κ3) is 4.59. The van der Waals surface area contributed by atoms with Crippen molar-refractivity contribution in [1.82, 2.24) is 9.97 Å². The summed E-state index contributed by atoms with van der Waals surface area (Å²) in [5.74, 6) is 0.728. The molecule has 88 valence electrons. The molecule has 1 rings (SSSR count). The van der Waals surface area contributed by atoms with Crippen LogP contribution in [0.15, 0.2) is 12.4 Å². The molecule has 1 heterocycles. The molecule has 6 nitrogen and oxygen atoms in total. The van der Waals surface area contributed by atoms with Crippen molar-refractivity contribution >= 4 is 11.9 Å². The molecule has 1 aromatic rings. The van der Waals surface area contributed by atoms with Crippen LogP contribution in [0.3, 0.4) is 0 Å². The second-order valence-corrected chi connectivity index (χ2v) is 3.24. The van der Waals surface area contributed by atoms with Crippen LogP contribution in [-0.4, -0.2) is 29.2 Å². The Labute approximate surface area is 94.2 Å². The van der Waals surface area contributed by atoms with Crippen LogP contribution in [0.5, 0.6) is 0 Å². The van der Waals surface area contributed by atoms with Gasteiger partial charge in [0.1, 0.15) is 18.8 Å². The van der Waals surface area contributed by atoms with E-state index in [1.165, 1.54) is 6.33 Å². The standard InChI is InChI=1S/C10H16N4O2/c1-2-3-8-6-9(14-7-13-8)12-4-5-16-10(11)15/h6-7H,2-5H2,1H3,(H2,11,15)(H,12,13,14). The van der Waals surface area contributed by atoms with Crippen molar-refractivity contribution in [3.8, 4) is 0 Å². The number of aromatic nitrogens is 2. The van der Waals surface area contributed by atoms with Gasteiger partial charge in [0, 0.05) is 11.8 Å². The fourth-order valence-electron chi connectivity index (χ4n) is 1.22. The van der Waals surface area contributed by atoms with Crippen molar-refractivity contribution in [2.75, 3.05) is 18.5 Å². The molecule has 0 aliphatic heterocycles. The lowest BCUT2D eigenvalue weighted by atomic mass is 10.2. The number of aryl methyl sites for hydroxylation is 1. The lowest BCUT2D eigenvalue weighted by molar-refractivity contribution is 0.161. The van der Waals surface area contributed by atoms with Gasteiger partial charge in [0.15, 0.2) is 0 Å². The molecule has 0 aliphatic carbocycles. The van der Waals surface area contributed by atoms with Gasteiger partial charge in [0.05, 0.1) is 6.54 Å². The zero-order chi connectivity index (χ0) is 11.8. The molecule has 0 radical (unpaired) electrons. The number of carbonyl (C=O) groups is 1. The Morgan fingerprint density at radius 1 is 1.56 bits per heavy atom. The zero-order valence-corrected chi connectivity index (χ0v) is 9.27. The molecule has 0 spiro atoms. The number of rotatable bonds is 6. The molecule has 1 aromatic heterocycles. The summed E-state index contributed by atoms with van der Waals surface area (Å²) in [6.07, 6.45) is 2.72. The Balaban J connectivity index is 2.35. The first-order chi connectivity index (χ1) is 7.72. The van der Waals surface area contributed by atoms with Gasteiger partial charge in [-0.1, -0.05) is 13.3 Å². The number of hydrogen-bond acceptors (Lipinski definition) is 5. The number of nitrogens with one attached hydrogen (secondary N) is 1. The molecule has 0 bridgehead atoms. The Kier molecular flexibility index (Phi) is 5.04. The summed E-state index contributed by atoms with van der Waals surface area (Å²) in [5, 5.41) is 3.01. The number of ether oxygens (including phenoxy) is 1. The second-order valence-electron chi connectivity index (χ2n) is 3.24. The predicted molar refractivity (Wildman–Crippen MR) is 60.1 cm³/mol. The summed E-state index contributed by atoms with van der Waals surface area (Å²) in [6, 6.07) is 1.88. The van der Waals surface area contributed by atoms with Crippen molar-refractivity contribution in [2.24, 2.45) is 5.73 Å². The maximum Gasteiger partial charge on any atom is 0.404 e. The quantitative estimate of drug-likeness (QED) is 0.702. The predicted octanol–water partition coefficient (Wildman–Crippen LogP) is 0.936. The summed E-state index contributed by atoms with van der Waals surface area (Å²) >= 11 is 0. The lowest BCUT2D eigenvalue weighted by Crippen LogP contribution is -2.18. The van der Waals surface area contributed by atoms with E-state index < -0.39 is 6.09 Å². The Bertz CT molecular complexity index is 343. The molecule has 0 atom stereocenters. The first-order valence-corrected chi connectivity index (χ1v) is 5.19. The molecule has 0 saturated carbocycles. The maximum atomic E-state index is 10.3. The lowest BCUT2D eigenvalue weighted by Gasteiger charge is -2.06. The number of hydrogen-bond donors (Lipinski definition) is 2. The monoisotopic (exact) mass is 224 g/mol. The molecular weight excluding hydrogens is 208 g/mol. The fraction of sp³-hybridized carbons (Fsp3) is 0.500. The van der Waals surface area contributed by atoms with Crippen molar-refractivity contribution in [1.29, 1.82) is 0 Å². The summed E-state index contributed by atoms with van der Waals surface area (Å²) < 4.78 is 4.57. The van der Waals surface area contributed by atoms with Crippen LogP contribution >= 0.6 is 0 Å². The van der Waals surface area contributed by atoms with Gasteiger partial charge in [-0.25, -0.2) is 14.8 Å². The van der Waals surface area contributed by atoms with Gasteiger partial charge in [-0.05, 0) is 6.42 Å². The molecule has 1 amide bonds. The molecule has 0 fully saturated rings. The molecule has 6 heteroatoms. The fourth-order valence-corrected chi connectivity index (χ4v) is 1.22. The van der Waals surface area contributed by atoms with Gasteiger partial charge >= 0.3 is 6.09 Å². The highest BCUT2D eigenvalue weighted by atomic mass is 16.5. The minimum atomic E-state index is -0.767. The first kappa shape index (κ1) is 12.2. The van der Waals surface area contributed by atoms with E-state index in [9.17, 15) is 4.79 Å². The number of primary amides is 1. The average Bonchev–Trinajstić information content (AvgIpc) is 2.25. The maximum absolute atomic E-state index is 10.3. The van der Waals surface area contributed by atoms with Gasteiger partial charge in [-0.3, -0.25) is 0 Å². The molecule has 0 unspecified atom stereocenters. The first-order valence-electron chi connectivity index (χ1n) is 5.19. The molecular formula is C10H16N4O2. The Morgan fingerprint density at radius 3 is 3.06 bits per heavy atom. The minimum absolute atomic E-state index is 0.225. The molecule has 0 saturated heterocycles. The molecule has 0 aromatic carbocycles. The summed E-state index contributed by atoms with van der Waals surface area (Å²) in [4.78, 5) is 18.5. The normalized spacial score (nSPS) is 9.81. The largest absolute Gasteiger partial charge is 0.448 e. The van der Waals surface area contributed by atoms with E-state index in [4.69, 9.17) is 5.73 Å². The zero-order valence-electron chi connectivity index (χ0n) is 9.27. The van der Waals surface area contributed by atoms with Crippen LogP contribution in [0.25, 0.3) is 0 Å². The van der Waals surface area contributed by atoms with Gasteiger partial charge in [-0.15, -0.1) is 0 Å². The summed E-state index contributed by atoms with van der Waals surface area (Å²) in [5.41, 5.74) is 5.82. The SMILES string of the molecule is CCCc1cc(NCCOC(N)=O)ncn1. The number of anilines is 1. The van der Waals surface area contributed by atoms with Crippen LogP contribution in [0, 0.1) is 0 Å². The van der Waals surface area contributed by atoms with E-state index in [1.54, 1.807) is 0 Å². The van der Waals surface area contributed by atoms with Gasteiger partial charge < -0.3 is 15.8 Å². The van der Waals surface area contributed by atoms with Gasteiger partial charge in [0.2, 0.25) is 0 Å². The van der Waals surface area contributed by atoms with Crippen molar-refractivity contribution in [3.63, 3.8) is 0 Å². The highest BCUT2D eigenvalue weighted by Crippen LogP contribution is 2.05. The van der Waals surface area contributed by atoms with E-state index in [-0.39, 0.29) is 6.61 Å². The van der Waals surface area contributed by atoms with Crippen LogP contribution in [0.2, 0.25) is 0 Å². The third-order valence-corrected chi connectivity index (χ3v) is 1.88. The van der Waals surface area contributed by atoms with Crippen LogP contribution < -0.4 is 11.1 Å². The molecule has 0 aliphatic rings. The number of amides is 1. The number of nitrogens with two attached hydrogens (primary N) is 1. The van der Waals surface area contributed by atoms with Crippen LogP contribution in [0.4, 0.5) is 10.6 Å². The topological polar surface area (TPSA) is 90.1 Å². The van der Waals surface area contributed by atoms with E-state index >= 15 is 0 Å². The van der Waals surface area contributed by atoms with E-state index in [2.05, 4.69) is 26.9 Å². The Hall–Kier alpha value is -1.85. The highest BCUT2D eigenvalue weighted by Gasteiger charge is 1.98. The molecule has 16 heavy (non-hydrogen) atoms. The van der Waals surface area contributed by atoms with Gasteiger partial charge in [0.25, 0.3) is 0 Å². The summed E-state index contributed by atoms with van der Waals surface area (Å²) in [7, 11) is 0. The second kappa shape index (κ2) is 6.60. The average molecular weight is 224 g/mol. The van der Waals surface area contributed by atoms with Crippen molar-refractivity contribution in [2.45, 2.75) is 19.8 Å². The van der Waals surface area contributed by atoms with E-state index in [0.717, 1.165) is 24.4 Å². The van der Waals surface area contributed by atoms with E-state index in [0.29, 0.717) is 6.54 Å². The number of carbonyl (C=O) groups excluding carboxylic acids is 1. The molecule has 3 N–H and O–H groups in total. The van der Waals surface area contributed by atoms with Gasteiger partial charge in [-0.2, -0.15) is 0 Å². The van der Waals surface area contributed by atoms with Crippen molar-refractivity contribution < 1.29 is 9.53 Å². The van der Waals surface area contributed by atoms with Crippen molar-refractivity contribution in [3.05, 3.63) is 18.1 Å². The third-order valence-electron chi connectivity index (χ3n) is 1.88. The Morgan fingerprint density at radius 2 is 2.38 bits per heavy atom. The van der Waals surface area contributed by atoms with Crippen LogP contribution in [-0.2, 0) is 11.2 Å². The van der Waals surface area contributed by atoms with E-state index in [1.807, 2.05) is 6.07 Å². The smallest absolute Gasteiger partial charge is 0.404 e.